The van der Waals surface area contributed by atoms with Gasteiger partial charge in [-0.1, -0.05) is 31.2 Å². The lowest BCUT2D eigenvalue weighted by Gasteiger charge is -2.11. The molecule has 0 radical (unpaired) electrons. The molecule has 0 bridgehead atoms. The van der Waals surface area contributed by atoms with E-state index in [0.717, 1.165) is 12.8 Å². The van der Waals surface area contributed by atoms with E-state index in [-0.39, 0.29) is 11.9 Å². The Labute approximate surface area is 84.3 Å². The molecule has 1 fully saturated rings. The number of hydrogen-bond donors (Lipinski definition) is 1. The lowest BCUT2D eigenvalue weighted by Crippen LogP contribution is -2.18. The maximum Gasteiger partial charge on any atom is 0.220 e. The summed E-state index contributed by atoms with van der Waals surface area (Å²) < 4.78 is 0. The Morgan fingerprint density at radius 1 is 1.50 bits per heavy atom. The standard InChI is InChI=1S/C12H15NO/c1-2-9-4-3-5-10(8-9)11-6-7-12(14)13-11/h3-5,8,11H,2,6-7H2,1H3,(H,13,14)/t11-/m1/s1. The van der Waals surface area contributed by atoms with Gasteiger partial charge in [-0.25, -0.2) is 0 Å². The molecule has 1 N–H and O–H groups in total. The van der Waals surface area contributed by atoms with Gasteiger partial charge in [0.15, 0.2) is 0 Å². The molecule has 1 aliphatic heterocycles. The van der Waals surface area contributed by atoms with Gasteiger partial charge in [0.2, 0.25) is 5.91 Å². The van der Waals surface area contributed by atoms with Gasteiger partial charge >= 0.3 is 0 Å². The highest BCUT2D eigenvalue weighted by atomic mass is 16.1. The summed E-state index contributed by atoms with van der Waals surface area (Å²) in [4.78, 5) is 11.1. The van der Waals surface area contributed by atoms with Crippen molar-refractivity contribution in [2.24, 2.45) is 0 Å². The first-order valence-electron chi connectivity index (χ1n) is 5.18. The maximum atomic E-state index is 11.1. The molecule has 1 saturated heterocycles. The third kappa shape index (κ3) is 1.79. The minimum absolute atomic E-state index is 0.178. The summed E-state index contributed by atoms with van der Waals surface area (Å²) >= 11 is 0. The van der Waals surface area contributed by atoms with E-state index >= 15 is 0 Å². The van der Waals surface area contributed by atoms with Crippen molar-refractivity contribution in [2.45, 2.75) is 32.2 Å². The predicted octanol–water partition coefficient (Wildman–Crippen LogP) is 2.20. The summed E-state index contributed by atoms with van der Waals surface area (Å²) in [5.41, 5.74) is 2.58. The SMILES string of the molecule is CCc1cccc([C@H]2CCC(=O)N2)c1. The zero-order valence-electron chi connectivity index (χ0n) is 8.42. The summed E-state index contributed by atoms with van der Waals surface area (Å²) in [6.07, 6.45) is 2.65. The quantitative estimate of drug-likeness (QED) is 0.759. The minimum Gasteiger partial charge on any atom is -0.349 e. The number of carbonyl (C=O) groups excluding carboxylic acids is 1. The number of rotatable bonds is 2. The summed E-state index contributed by atoms with van der Waals surface area (Å²) in [5, 5.41) is 2.98. The van der Waals surface area contributed by atoms with Gasteiger partial charge in [-0.15, -0.1) is 0 Å². The maximum absolute atomic E-state index is 11.1. The molecule has 0 aromatic heterocycles. The zero-order chi connectivity index (χ0) is 9.97. The number of amides is 1. The number of benzene rings is 1. The van der Waals surface area contributed by atoms with Crippen LogP contribution in [-0.2, 0) is 11.2 Å². The van der Waals surface area contributed by atoms with Crippen LogP contribution in [0.1, 0.15) is 36.9 Å². The van der Waals surface area contributed by atoms with E-state index in [4.69, 9.17) is 0 Å². The van der Waals surface area contributed by atoms with Crippen LogP contribution in [0.25, 0.3) is 0 Å². The van der Waals surface area contributed by atoms with Crippen LogP contribution in [0.2, 0.25) is 0 Å². The van der Waals surface area contributed by atoms with Crippen molar-refractivity contribution >= 4 is 5.91 Å². The Morgan fingerprint density at radius 2 is 2.36 bits per heavy atom. The summed E-state index contributed by atoms with van der Waals surface area (Å²) in [5.74, 6) is 0.178. The minimum atomic E-state index is 0.178. The summed E-state index contributed by atoms with van der Waals surface area (Å²) in [6, 6.07) is 8.72. The molecule has 1 aromatic carbocycles. The average molecular weight is 189 g/mol. The summed E-state index contributed by atoms with van der Waals surface area (Å²) in [6.45, 7) is 2.15. The molecule has 74 valence electrons. The van der Waals surface area contributed by atoms with E-state index in [0.29, 0.717) is 6.42 Å². The van der Waals surface area contributed by atoms with Gasteiger partial charge in [0.25, 0.3) is 0 Å². The molecular weight excluding hydrogens is 174 g/mol. The molecule has 1 aliphatic rings. The Kier molecular flexibility index (Phi) is 2.53. The average Bonchev–Trinajstić information content (AvgIpc) is 2.65. The van der Waals surface area contributed by atoms with E-state index < -0.39 is 0 Å². The van der Waals surface area contributed by atoms with Gasteiger partial charge in [-0.3, -0.25) is 4.79 Å². The second-order valence-corrected chi connectivity index (χ2v) is 3.76. The molecule has 14 heavy (non-hydrogen) atoms. The van der Waals surface area contributed by atoms with E-state index in [1.165, 1.54) is 11.1 Å². The van der Waals surface area contributed by atoms with E-state index in [2.05, 4.69) is 36.5 Å². The Balaban J connectivity index is 2.19. The highest BCUT2D eigenvalue weighted by molar-refractivity contribution is 5.78. The molecule has 0 saturated carbocycles. The van der Waals surface area contributed by atoms with Gasteiger partial charge in [0.05, 0.1) is 6.04 Å². The third-order valence-electron chi connectivity index (χ3n) is 2.76. The predicted molar refractivity (Wildman–Crippen MR) is 55.9 cm³/mol. The van der Waals surface area contributed by atoms with Gasteiger partial charge in [-0.05, 0) is 24.0 Å². The van der Waals surface area contributed by atoms with Crippen molar-refractivity contribution in [1.29, 1.82) is 0 Å². The number of nitrogens with one attached hydrogen (secondary N) is 1. The second-order valence-electron chi connectivity index (χ2n) is 3.76. The van der Waals surface area contributed by atoms with E-state index in [9.17, 15) is 4.79 Å². The van der Waals surface area contributed by atoms with E-state index in [1.807, 2.05) is 0 Å². The second kappa shape index (κ2) is 3.82. The van der Waals surface area contributed by atoms with Gasteiger partial charge in [0, 0.05) is 6.42 Å². The van der Waals surface area contributed by atoms with Crippen LogP contribution in [-0.4, -0.2) is 5.91 Å². The largest absolute Gasteiger partial charge is 0.349 e. The molecule has 2 rings (SSSR count). The monoisotopic (exact) mass is 189 g/mol. The molecule has 1 atom stereocenters. The van der Waals surface area contributed by atoms with Crippen molar-refractivity contribution in [1.82, 2.24) is 5.32 Å². The van der Waals surface area contributed by atoms with Crippen molar-refractivity contribution in [3.63, 3.8) is 0 Å². The van der Waals surface area contributed by atoms with Crippen molar-refractivity contribution in [2.75, 3.05) is 0 Å². The van der Waals surface area contributed by atoms with Gasteiger partial charge in [-0.2, -0.15) is 0 Å². The fourth-order valence-corrected chi connectivity index (χ4v) is 1.89. The Hall–Kier alpha value is -1.31. The first kappa shape index (κ1) is 9.25. The summed E-state index contributed by atoms with van der Waals surface area (Å²) in [7, 11) is 0. The molecule has 1 aromatic rings. The van der Waals surface area contributed by atoms with Crippen molar-refractivity contribution in [3.8, 4) is 0 Å². The van der Waals surface area contributed by atoms with Crippen LogP contribution in [0.4, 0.5) is 0 Å². The lowest BCUT2D eigenvalue weighted by molar-refractivity contribution is -0.119. The molecule has 0 spiro atoms. The van der Waals surface area contributed by atoms with Crippen LogP contribution >= 0.6 is 0 Å². The van der Waals surface area contributed by atoms with Crippen LogP contribution in [0.15, 0.2) is 24.3 Å². The first-order chi connectivity index (χ1) is 6.79. The molecule has 2 nitrogen and oxygen atoms in total. The topological polar surface area (TPSA) is 29.1 Å². The fourth-order valence-electron chi connectivity index (χ4n) is 1.89. The third-order valence-corrected chi connectivity index (χ3v) is 2.76. The number of aryl methyl sites for hydroxylation is 1. The molecule has 0 unspecified atom stereocenters. The van der Waals surface area contributed by atoms with Gasteiger partial charge < -0.3 is 5.32 Å². The molecular formula is C12H15NO. The Morgan fingerprint density at radius 3 is 3.00 bits per heavy atom. The highest BCUT2D eigenvalue weighted by Gasteiger charge is 2.21. The molecule has 0 aliphatic carbocycles. The van der Waals surface area contributed by atoms with Crippen molar-refractivity contribution in [3.05, 3.63) is 35.4 Å². The number of hydrogen-bond acceptors (Lipinski definition) is 1. The fraction of sp³-hybridized carbons (Fsp3) is 0.417. The zero-order valence-corrected chi connectivity index (χ0v) is 8.42. The van der Waals surface area contributed by atoms with Gasteiger partial charge in [0.1, 0.15) is 0 Å². The highest BCUT2D eigenvalue weighted by Crippen LogP contribution is 2.24. The molecule has 2 heteroatoms. The normalized spacial score (nSPS) is 20.9. The molecule has 1 amide bonds. The smallest absolute Gasteiger partial charge is 0.220 e. The van der Waals surface area contributed by atoms with Crippen LogP contribution in [0, 0.1) is 0 Å². The van der Waals surface area contributed by atoms with Crippen molar-refractivity contribution < 1.29 is 4.79 Å². The lowest BCUT2D eigenvalue weighted by atomic mass is 10.0. The molecule has 1 heterocycles. The first-order valence-corrected chi connectivity index (χ1v) is 5.18. The van der Waals surface area contributed by atoms with Crippen LogP contribution < -0.4 is 5.32 Å². The van der Waals surface area contributed by atoms with Crippen LogP contribution in [0.3, 0.4) is 0 Å². The Bertz CT molecular complexity index is 346. The number of carbonyl (C=O) groups is 1. The van der Waals surface area contributed by atoms with E-state index in [1.54, 1.807) is 0 Å². The van der Waals surface area contributed by atoms with Crippen LogP contribution in [0.5, 0.6) is 0 Å².